The predicted octanol–water partition coefficient (Wildman–Crippen LogP) is 9.66. The average Bonchev–Trinajstić information content (AvgIpc) is 3.32. The van der Waals surface area contributed by atoms with Gasteiger partial charge in [0.15, 0.2) is 0 Å². The van der Waals surface area contributed by atoms with Gasteiger partial charge in [0, 0.05) is 5.56 Å². The molecular formula is C45H44FeOP2+. The summed E-state index contributed by atoms with van der Waals surface area (Å²) in [4.78, 5) is 10.1. The molecule has 1 aliphatic carbocycles. The largest absolute Gasteiger partial charge is 2.00 e. The van der Waals surface area contributed by atoms with Gasteiger partial charge in [0.1, 0.15) is 6.29 Å². The molecule has 0 atom stereocenters. The molecule has 1 nitrogen and oxygen atoms in total. The number of carbonyl (C=O) groups excluding carboxylic acids is 1. The topological polar surface area (TPSA) is 17.1 Å². The maximum absolute atomic E-state index is 10.1. The second kappa shape index (κ2) is 21.0. The standard InChI is InChI=1S/C26H24P2.C10H15.C9H5O.Fe/c1-5-13-23(14-6-1)27(24-15-7-2-8-16-24)21-22-28(25-17-9-3-10-18-25)26-19-11-4-12-20-26;1-6-7(2)9(4)10(5)8(6)3;1-2-8-3-5-9(7-10)6-4-8;/h1-20H,21-22H2;1-5H3;3-7H;/q;;-1;+2. The Kier molecular flexibility index (Phi) is 17.2. The van der Waals surface area contributed by atoms with Crippen molar-refractivity contribution in [3.63, 3.8) is 0 Å². The van der Waals surface area contributed by atoms with Crippen LogP contribution in [0.3, 0.4) is 0 Å². The van der Waals surface area contributed by atoms with Crippen LogP contribution in [0, 0.1) is 41.9 Å². The normalized spacial score (nSPS) is 13.8. The van der Waals surface area contributed by atoms with Crippen molar-refractivity contribution in [2.45, 2.75) is 34.6 Å². The number of aldehydes is 1. The van der Waals surface area contributed by atoms with Crippen LogP contribution < -0.4 is 21.2 Å². The van der Waals surface area contributed by atoms with Crippen molar-refractivity contribution >= 4 is 43.3 Å². The number of hydrogen-bond acceptors (Lipinski definition) is 1. The second-order valence-electron chi connectivity index (χ2n) is 11.6. The van der Waals surface area contributed by atoms with Crippen LogP contribution in [0.4, 0.5) is 0 Å². The van der Waals surface area contributed by atoms with Crippen molar-refractivity contribution in [2.24, 2.45) is 0 Å². The number of hydrogen-bond donors (Lipinski definition) is 0. The van der Waals surface area contributed by atoms with Crippen LogP contribution in [0.15, 0.2) is 146 Å². The van der Waals surface area contributed by atoms with Gasteiger partial charge in [0.05, 0.1) is 0 Å². The van der Waals surface area contributed by atoms with Gasteiger partial charge in [0.2, 0.25) is 0 Å². The monoisotopic (exact) mass is 718 g/mol. The average molecular weight is 719 g/mol. The molecule has 0 N–H and O–H groups in total. The van der Waals surface area contributed by atoms with E-state index in [4.69, 9.17) is 6.42 Å². The first-order chi connectivity index (χ1) is 23.3. The molecule has 5 aromatic carbocycles. The summed E-state index contributed by atoms with van der Waals surface area (Å²) in [7, 11) is -0.696. The first-order valence-electron chi connectivity index (χ1n) is 16.3. The van der Waals surface area contributed by atoms with Crippen molar-refractivity contribution in [1.82, 2.24) is 0 Å². The molecule has 4 heteroatoms. The van der Waals surface area contributed by atoms with Crippen molar-refractivity contribution in [3.8, 4) is 5.92 Å². The van der Waals surface area contributed by atoms with Crippen molar-refractivity contribution in [1.29, 1.82) is 0 Å². The number of benzene rings is 5. The summed E-state index contributed by atoms with van der Waals surface area (Å²) in [6, 6.07) is 50.9. The van der Waals surface area contributed by atoms with Crippen molar-refractivity contribution < 1.29 is 21.9 Å². The molecule has 5 aromatic rings. The van der Waals surface area contributed by atoms with E-state index in [1.54, 1.807) is 24.3 Å². The Morgan fingerprint density at radius 3 is 0.959 bits per heavy atom. The van der Waals surface area contributed by atoms with E-state index in [1.165, 1.54) is 63.1 Å². The summed E-state index contributed by atoms with van der Waals surface area (Å²) in [5, 5.41) is 5.89. The summed E-state index contributed by atoms with van der Waals surface area (Å²) < 4.78 is 0. The van der Waals surface area contributed by atoms with E-state index in [1.807, 2.05) is 0 Å². The van der Waals surface area contributed by atoms with E-state index in [2.05, 4.69) is 162 Å². The van der Waals surface area contributed by atoms with Gasteiger partial charge in [0.25, 0.3) is 0 Å². The molecule has 1 aliphatic rings. The maximum atomic E-state index is 10.1. The van der Waals surface area contributed by atoms with Crippen molar-refractivity contribution in [2.75, 3.05) is 12.3 Å². The van der Waals surface area contributed by atoms with Crippen LogP contribution in [0.5, 0.6) is 0 Å². The first-order valence-corrected chi connectivity index (χ1v) is 19.3. The van der Waals surface area contributed by atoms with Gasteiger partial charge >= 0.3 is 17.1 Å². The molecular weight excluding hydrogens is 674 g/mol. The Labute approximate surface area is 309 Å². The van der Waals surface area contributed by atoms with E-state index in [-0.39, 0.29) is 32.9 Å². The molecule has 0 heterocycles. The predicted molar refractivity (Wildman–Crippen MR) is 211 cm³/mol. The van der Waals surface area contributed by atoms with E-state index >= 15 is 0 Å². The Morgan fingerprint density at radius 2 is 0.735 bits per heavy atom. The minimum absolute atomic E-state index is 0. The summed E-state index contributed by atoms with van der Waals surface area (Å²) in [5.41, 5.74) is 1.31. The molecule has 0 spiro atoms. The maximum Gasteiger partial charge on any atom is 2.00 e. The third-order valence-electron chi connectivity index (χ3n) is 8.82. The van der Waals surface area contributed by atoms with Gasteiger partial charge in [-0.1, -0.05) is 168 Å². The summed E-state index contributed by atoms with van der Waals surface area (Å²) >= 11 is 0. The van der Waals surface area contributed by atoms with E-state index < -0.39 is 0 Å². The van der Waals surface area contributed by atoms with Crippen LogP contribution >= 0.6 is 15.8 Å². The minimum atomic E-state index is -0.348. The van der Waals surface area contributed by atoms with Crippen LogP contribution in [0.25, 0.3) is 0 Å². The zero-order valence-corrected chi connectivity index (χ0v) is 31.9. The van der Waals surface area contributed by atoms with Gasteiger partial charge in [-0.15, -0.1) is 17.7 Å². The zero-order valence-electron chi connectivity index (χ0n) is 29.0. The van der Waals surface area contributed by atoms with Crippen LogP contribution in [-0.2, 0) is 17.1 Å². The number of carbonyl (C=O) groups is 1. The van der Waals surface area contributed by atoms with Gasteiger partial charge in [-0.3, -0.25) is 10.7 Å². The zero-order chi connectivity index (χ0) is 34.3. The molecule has 0 amide bonds. The van der Waals surface area contributed by atoms with Gasteiger partial charge in [-0.05, 0) is 79.0 Å². The van der Waals surface area contributed by atoms with Crippen molar-refractivity contribution in [3.05, 3.63) is 193 Å². The van der Waals surface area contributed by atoms with Gasteiger partial charge < -0.3 is 6.42 Å². The fraction of sp³-hybridized carbons (Fsp3) is 0.156. The van der Waals surface area contributed by atoms with Crippen LogP contribution in [0.2, 0.25) is 0 Å². The van der Waals surface area contributed by atoms with Gasteiger partial charge in [-0.2, -0.15) is 0 Å². The second-order valence-corrected chi connectivity index (χ2v) is 16.3. The quantitative estimate of drug-likeness (QED) is 0.0514. The van der Waals surface area contributed by atoms with Crippen LogP contribution in [0.1, 0.15) is 50.5 Å². The molecule has 0 aliphatic heterocycles. The molecule has 247 valence electrons. The molecule has 0 unspecified atom stereocenters. The smallest absolute Gasteiger partial charge is 0.366 e. The first kappa shape index (κ1) is 40.1. The molecule has 1 saturated carbocycles. The molecule has 49 heavy (non-hydrogen) atoms. The fourth-order valence-corrected chi connectivity index (χ4v) is 10.9. The SMILES string of the molecule is C[C]1[C](C)[C](C)[C](C)[C]1C.[C-]#Cc1ccc(C=O)cc1.[Fe+2].c1ccc(P(CCP(c2ccccc2)c2ccccc2)c2ccccc2)cc1. The Balaban J connectivity index is 0.000000254. The van der Waals surface area contributed by atoms with Gasteiger partial charge in [-0.25, -0.2) is 0 Å². The number of rotatable bonds is 8. The van der Waals surface area contributed by atoms with E-state index in [0.717, 1.165) is 6.29 Å². The summed E-state index contributed by atoms with van der Waals surface area (Å²) in [6.45, 7) is 11.0. The third kappa shape index (κ3) is 11.6. The summed E-state index contributed by atoms with van der Waals surface area (Å²) in [5.74, 6) is 9.55. The Morgan fingerprint density at radius 1 is 0.469 bits per heavy atom. The van der Waals surface area contributed by atoms with E-state index in [0.29, 0.717) is 11.1 Å². The summed E-state index contributed by atoms with van der Waals surface area (Å²) in [6.07, 6.45) is 9.92. The molecule has 5 radical (unpaired) electrons. The van der Waals surface area contributed by atoms with E-state index in [9.17, 15) is 4.79 Å². The molecule has 0 saturated heterocycles. The Hall–Kier alpha value is -3.29. The minimum Gasteiger partial charge on any atom is -0.366 e. The third-order valence-corrected chi connectivity index (χ3v) is 14.2. The Bertz CT molecular complexity index is 1460. The van der Waals surface area contributed by atoms with Crippen LogP contribution in [-0.4, -0.2) is 18.6 Å². The molecule has 0 bridgehead atoms. The fourth-order valence-electron chi connectivity index (χ4n) is 5.50. The molecule has 0 aromatic heterocycles. The molecule has 1 fully saturated rings. The molecule has 6 rings (SSSR count).